The van der Waals surface area contributed by atoms with Crippen LogP contribution in [0.3, 0.4) is 0 Å². The zero-order valence-corrected chi connectivity index (χ0v) is 24.1. The van der Waals surface area contributed by atoms with Crippen molar-refractivity contribution in [2.24, 2.45) is 0 Å². The van der Waals surface area contributed by atoms with Crippen molar-refractivity contribution in [3.8, 4) is 0 Å². The van der Waals surface area contributed by atoms with Crippen LogP contribution in [0.2, 0.25) is 0 Å². The second-order valence-corrected chi connectivity index (χ2v) is 12.2. The molecular formula is C29H36N4O6S. The number of carbonyl (C=O) groups is 3. The highest BCUT2D eigenvalue weighted by Crippen LogP contribution is 2.18. The van der Waals surface area contributed by atoms with Crippen molar-refractivity contribution in [1.82, 2.24) is 20.8 Å². The van der Waals surface area contributed by atoms with Crippen LogP contribution in [0.15, 0.2) is 71.6 Å². The minimum Gasteiger partial charge on any atom is -0.350 e. The summed E-state index contributed by atoms with van der Waals surface area (Å²) in [5.41, 5.74) is 3.30. The molecule has 11 heteroatoms. The molecule has 4 N–H and O–H groups in total. The van der Waals surface area contributed by atoms with Crippen LogP contribution in [0, 0.1) is 6.92 Å². The van der Waals surface area contributed by atoms with Crippen LogP contribution in [0.5, 0.6) is 0 Å². The summed E-state index contributed by atoms with van der Waals surface area (Å²) in [4.78, 5) is 43.7. The first-order valence-electron chi connectivity index (χ1n) is 12.9. The van der Waals surface area contributed by atoms with E-state index in [0.29, 0.717) is 0 Å². The van der Waals surface area contributed by atoms with Gasteiger partial charge in [0.25, 0.3) is 0 Å². The number of rotatable bonds is 11. The van der Waals surface area contributed by atoms with E-state index >= 15 is 0 Å². The first kappa shape index (κ1) is 30.7. The van der Waals surface area contributed by atoms with Gasteiger partial charge in [0.15, 0.2) is 0 Å². The second-order valence-electron chi connectivity index (χ2n) is 10.5. The number of sulfonamides is 1. The van der Waals surface area contributed by atoms with E-state index in [0.717, 1.165) is 21.9 Å². The molecule has 10 nitrogen and oxygen atoms in total. The number of benzene rings is 3. The van der Waals surface area contributed by atoms with E-state index < -0.39 is 51.9 Å². The number of fused-ring (bicyclic) bond motifs is 1. The van der Waals surface area contributed by atoms with E-state index in [-0.39, 0.29) is 11.4 Å². The quantitative estimate of drug-likeness (QED) is 0.262. The lowest BCUT2D eigenvalue weighted by atomic mass is 10.0. The van der Waals surface area contributed by atoms with E-state index in [9.17, 15) is 22.8 Å². The SMILES string of the molecule is Cc1ccc(S(=O)(=O)N[C@@H](CC(=O)NOC(C)(C)C)C(=O)N[C@@H](C)C(=O)NCc2cccc3ccccc23)cc1. The molecule has 0 aliphatic heterocycles. The maximum absolute atomic E-state index is 13.2. The van der Waals surface area contributed by atoms with Crippen molar-refractivity contribution >= 4 is 38.5 Å². The van der Waals surface area contributed by atoms with Gasteiger partial charge in [0.2, 0.25) is 27.7 Å². The topological polar surface area (TPSA) is 143 Å². The Bertz CT molecular complexity index is 1460. The molecule has 0 aliphatic carbocycles. The number of nitrogens with one attached hydrogen (secondary N) is 4. The summed E-state index contributed by atoms with van der Waals surface area (Å²) in [6.07, 6.45) is -0.558. The lowest BCUT2D eigenvalue weighted by molar-refractivity contribution is -0.147. The highest BCUT2D eigenvalue weighted by molar-refractivity contribution is 7.89. The van der Waals surface area contributed by atoms with Gasteiger partial charge in [0.05, 0.1) is 16.9 Å². The summed E-state index contributed by atoms with van der Waals surface area (Å²) in [5, 5.41) is 7.35. The second kappa shape index (κ2) is 13.0. The van der Waals surface area contributed by atoms with Gasteiger partial charge < -0.3 is 10.6 Å². The van der Waals surface area contributed by atoms with Crippen molar-refractivity contribution in [1.29, 1.82) is 0 Å². The first-order chi connectivity index (χ1) is 18.7. The summed E-state index contributed by atoms with van der Waals surface area (Å²) in [7, 11) is -4.17. The predicted molar refractivity (Wildman–Crippen MR) is 152 cm³/mol. The maximum Gasteiger partial charge on any atom is 0.245 e. The van der Waals surface area contributed by atoms with Crippen molar-refractivity contribution in [3.63, 3.8) is 0 Å². The fraction of sp³-hybridized carbons (Fsp3) is 0.345. The minimum atomic E-state index is -4.17. The van der Waals surface area contributed by atoms with Gasteiger partial charge in [-0.25, -0.2) is 13.9 Å². The number of aryl methyl sites for hydroxylation is 1. The normalized spacial score (nSPS) is 13.3. The Kier molecular flexibility index (Phi) is 10.0. The number of hydroxylamine groups is 1. The molecule has 0 bridgehead atoms. The Morgan fingerprint density at radius 3 is 2.23 bits per heavy atom. The van der Waals surface area contributed by atoms with Gasteiger partial charge in [-0.05, 0) is 63.1 Å². The lowest BCUT2D eigenvalue weighted by Crippen LogP contribution is -2.54. The maximum atomic E-state index is 13.2. The number of amides is 3. The average Bonchev–Trinajstić information content (AvgIpc) is 2.89. The van der Waals surface area contributed by atoms with E-state index in [1.54, 1.807) is 32.9 Å². The third-order valence-corrected chi connectivity index (χ3v) is 7.38. The molecule has 2 atom stereocenters. The summed E-state index contributed by atoms with van der Waals surface area (Å²) in [6.45, 7) is 8.68. The van der Waals surface area contributed by atoms with Gasteiger partial charge in [-0.15, -0.1) is 0 Å². The highest BCUT2D eigenvalue weighted by Gasteiger charge is 2.30. The molecule has 0 radical (unpaired) electrons. The molecule has 3 aromatic carbocycles. The number of carbonyl (C=O) groups excluding carboxylic acids is 3. The van der Waals surface area contributed by atoms with E-state index in [2.05, 4.69) is 20.8 Å². The van der Waals surface area contributed by atoms with Gasteiger partial charge in [0.1, 0.15) is 12.1 Å². The Balaban J connectivity index is 1.70. The number of hydrogen-bond acceptors (Lipinski definition) is 6. The third kappa shape index (κ3) is 8.87. The molecule has 214 valence electrons. The van der Waals surface area contributed by atoms with Crippen LogP contribution < -0.4 is 20.8 Å². The van der Waals surface area contributed by atoms with Crippen LogP contribution in [-0.4, -0.2) is 43.8 Å². The van der Waals surface area contributed by atoms with Crippen molar-refractivity contribution in [2.45, 2.75) is 70.2 Å². The fourth-order valence-electron chi connectivity index (χ4n) is 3.76. The monoisotopic (exact) mass is 568 g/mol. The molecule has 3 aromatic rings. The van der Waals surface area contributed by atoms with Crippen molar-refractivity contribution < 1.29 is 27.6 Å². The molecule has 3 amide bonds. The van der Waals surface area contributed by atoms with Gasteiger partial charge >= 0.3 is 0 Å². The number of hydrogen-bond donors (Lipinski definition) is 4. The zero-order chi connectivity index (χ0) is 29.5. The van der Waals surface area contributed by atoms with E-state index in [1.165, 1.54) is 19.1 Å². The van der Waals surface area contributed by atoms with Gasteiger partial charge in [0, 0.05) is 6.54 Å². The Labute approximate surface area is 234 Å². The van der Waals surface area contributed by atoms with Crippen molar-refractivity contribution in [2.75, 3.05) is 0 Å². The van der Waals surface area contributed by atoms with E-state index in [1.807, 2.05) is 49.4 Å². The molecule has 0 heterocycles. The van der Waals surface area contributed by atoms with Crippen LogP contribution in [0.25, 0.3) is 10.8 Å². The van der Waals surface area contributed by atoms with Gasteiger partial charge in [-0.1, -0.05) is 60.2 Å². The average molecular weight is 569 g/mol. The summed E-state index contributed by atoms with van der Waals surface area (Å²) in [6, 6.07) is 17.1. The van der Waals surface area contributed by atoms with Gasteiger partial charge in [-0.3, -0.25) is 19.2 Å². The lowest BCUT2D eigenvalue weighted by Gasteiger charge is -2.23. The molecule has 0 aliphatic rings. The van der Waals surface area contributed by atoms with Gasteiger partial charge in [-0.2, -0.15) is 4.72 Å². The highest BCUT2D eigenvalue weighted by atomic mass is 32.2. The fourth-order valence-corrected chi connectivity index (χ4v) is 4.95. The molecular weight excluding hydrogens is 532 g/mol. The molecule has 0 unspecified atom stereocenters. The third-order valence-electron chi connectivity index (χ3n) is 5.89. The predicted octanol–water partition coefficient (Wildman–Crippen LogP) is 2.85. The minimum absolute atomic E-state index is 0.0665. The summed E-state index contributed by atoms with van der Waals surface area (Å²) in [5.74, 6) is -2.02. The summed E-state index contributed by atoms with van der Waals surface area (Å²) < 4.78 is 28.3. The van der Waals surface area contributed by atoms with Crippen LogP contribution in [-0.2, 0) is 35.8 Å². The van der Waals surface area contributed by atoms with Crippen LogP contribution >= 0.6 is 0 Å². The molecule has 0 spiro atoms. The van der Waals surface area contributed by atoms with Crippen LogP contribution in [0.1, 0.15) is 45.2 Å². The standard InChI is InChI=1S/C29H36N4O6S/c1-19-13-15-23(16-14-19)40(37,38)33-25(17-26(34)32-39-29(3,4)5)28(36)31-20(2)27(35)30-18-22-11-8-10-21-9-6-7-12-24(21)22/h6-16,20,25,33H,17-18H2,1-5H3,(H,30,35)(H,31,36)(H,32,34)/t20-,25-/m0/s1. The molecule has 0 saturated heterocycles. The van der Waals surface area contributed by atoms with Crippen LogP contribution in [0.4, 0.5) is 0 Å². The summed E-state index contributed by atoms with van der Waals surface area (Å²) >= 11 is 0. The Morgan fingerprint density at radius 2 is 1.55 bits per heavy atom. The van der Waals surface area contributed by atoms with Crippen molar-refractivity contribution in [3.05, 3.63) is 77.9 Å². The molecule has 0 fully saturated rings. The Hall–Kier alpha value is -3.80. The molecule has 0 aromatic heterocycles. The molecule has 0 saturated carbocycles. The smallest absolute Gasteiger partial charge is 0.245 e. The molecule has 40 heavy (non-hydrogen) atoms. The van der Waals surface area contributed by atoms with E-state index in [4.69, 9.17) is 4.84 Å². The largest absolute Gasteiger partial charge is 0.350 e. The first-order valence-corrected chi connectivity index (χ1v) is 14.3. The molecule has 3 rings (SSSR count). The zero-order valence-electron chi connectivity index (χ0n) is 23.3. The Morgan fingerprint density at radius 1 is 0.900 bits per heavy atom.